The van der Waals surface area contributed by atoms with Crippen molar-refractivity contribution in [1.29, 1.82) is 0 Å². The van der Waals surface area contributed by atoms with Crippen LogP contribution in [0.5, 0.6) is 0 Å². The predicted molar refractivity (Wildman–Crippen MR) is 110 cm³/mol. The highest BCUT2D eigenvalue weighted by Gasteiger charge is 2.29. The molecule has 0 bridgehead atoms. The first kappa shape index (κ1) is 20.9. The molecule has 3 rings (SSSR count). The van der Waals surface area contributed by atoms with Crippen LogP contribution in [-0.4, -0.2) is 43.0 Å². The fourth-order valence-electron chi connectivity index (χ4n) is 3.56. The Morgan fingerprint density at radius 1 is 1.03 bits per heavy atom. The summed E-state index contributed by atoms with van der Waals surface area (Å²) in [5.74, 6) is -0.800. The number of aliphatic carboxylic acids is 1. The summed E-state index contributed by atoms with van der Waals surface area (Å²) < 4.78 is 10.8. The van der Waals surface area contributed by atoms with Crippen LogP contribution in [-0.2, 0) is 14.3 Å². The zero-order chi connectivity index (χ0) is 20.8. The van der Waals surface area contributed by atoms with E-state index < -0.39 is 18.1 Å². The first-order chi connectivity index (χ1) is 14.0. The molecule has 1 aliphatic carbocycles. The molecule has 0 saturated heterocycles. The standard InChI is InChI=1S/C23H27NO5/c1-15(2)13-28-12-11-21(22(25)26)24-23(27)29-14-20-18-9-5-3-7-16(18)17-8-4-6-10-19(17)20/h3-10,15,20-21H,11-14H2,1-2H3,(H,24,27)(H,25,26). The lowest BCUT2D eigenvalue weighted by Gasteiger charge is -2.17. The van der Waals surface area contributed by atoms with Crippen LogP contribution in [0, 0.1) is 5.92 Å². The van der Waals surface area contributed by atoms with Gasteiger partial charge in [0.05, 0.1) is 0 Å². The highest BCUT2D eigenvalue weighted by Crippen LogP contribution is 2.44. The third-order valence-corrected chi connectivity index (χ3v) is 4.94. The van der Waals surface area contributed by atoms with E-state index in [2.05, 4.69) is 17.4 Å². The number of carboxylic acids is 1. The number of alkyl carbamates (subject to hydrolysis) is 1. The third kappa shape index (κ3) is 5.15. The maximum absolute atomic E-state index is 12.2. The normalized spacial score (nSPS) is 13.6. The molecule has 0 saturated carbocycles. The van der Waals surface area contributed by atoms with E-state index in [9.17, 15) is 14.7 Å². The number of carboxylic acid groups (broad SMARTS) is 1. The average molecular weight is 397 g/mol. The Morgan fingerprint density at radius 2 is 1.62 bits per heavy atom. The van der Waals surface area contributed by atoms with Gasteiger partial charge in [-0.25, -0.2) is 9.59 Å². The molecule has 0 heterocycles. The number of benzene rings is 2. The lowest BCUT2D eigenvalue weighted by atomic mass is 9.98. The summed E-state index contributed by atoms with van der Waals surface area (Å²) in [5.41, 5.74) is 4.50. The van der Waals surface area contributed by atoms with Gasteiger partial charge in [0.2, 0.25) is 0 Å². The van der Waals surface area contributed by atoms with Crippen LogP contribution in [0.3, 0.4) is 0 Å². The fourth-order valence-corrected chi connectivity index (χ4v) is 3.56. The van der Waals surface area contributed by atoms with Gasteiger partial charge in [-0.15, -0.1) is 0 Å². The number of ether oxygens (including phenoxy) is 2. The van der Waals surface area contributed by atoms with E-state index in [0.29, 0.717) is 12.5 Å². The topological polar surface area (TPSA) is 84.9 Å². The quantitative estimate of drug-likeness (QED) is 0.624. The number of hydrogen-bond donors (Lipinski definition) is 2. The van der Waals surface area contributed by atoms with Crippen LogP contribution in [0.4, 0.5) is 4.79 Å². The second-order valence-corrected chi connectivity index (χ2v) is 7.62. The number of hydrogen-bond acceptors (Lipinski definition) is 4. The van der Waals surface area contributed by atoms with Gasteiger partial charge in [-0.1, -0.05) is 62.4 Å². The van der Waals surface area contributed by atoms with Gasteiger partial charge < -0.3 is 19.9 Å². The number of nitrogens with one attached hydrogen (secondary N) is 1. The van der Waals surface area contributed by atoms with Gasteiger partial charge in [0.1, 0.15) is 12.6 Å². The molecule has 1 aliphatic rings. The molecular weight excluding hydrogens is 370 g/mol. The summed E-state index contributed by atoms with van der Waals surface area (Å²) in [7, 11) is 0. The van der Waals surface area contributed by atoms with Crippen molar-refractivity contribution in [3.05, 3.63) is 59.7 Å². The van der Waals surface area contributed by atoms with Crippen molar-refractivity contribution in [2.45, 2.75) is 32.2 Å². The molecule has 2 N–H and O–H groups in total. The zero-order valence-corrected chi connectivity index (χ0v) is 16.8. The first-order valence-corrected chi connectivity index (χ1v) is 9.89. The van der Waals surface area contributed by atoms with Crippen LogP contribution >= 0.6 is 0 Å². The Bertz CT molecular complexity index is 818. The van der Waals surface area contributed by atoms with Crippen molar-refractivity contribution >= 4 is 12.1 Å². The average Bonchev–Trinajstić information content (AvgIpc) is 3.02. The predicted octanol–water partition coefficient (Wildman–Crippen LogP) is 4.04. The Morgan fingerprint density at radius 3 is 2.17 bits per heavy atom. The summed E-state index contributed by atoms with van der Waals surface area (Å²) in [6.45, 7) is 5.00. The molecule has 0 spiro atoms. The minimum absolute atomic E-state index is 0.0641. The highest BCUT2D eigenvalue weighted by molar-refractivity contribution is 5.81. The van der Waals surface area contributed by atoms with Crippen molar-refractivity contribution in [1.82, 2.24) is 5.32 Å². The second-order valence-electron chi connectivity index (χ2n) is 7.62. The van der Waals surface area contributed by atoms with Gasteiger partial charge in [-0.3, -0.25) is 0 Å². The van der Waals surface area contributed by atoms with E-state index in [1.54, 1.807) is 0 Å². The first-order valence-electron chi connectivity index (χ1n) is 9.89. The minimum Gasteiger partial charge on any atom is -0.480 e. The van der Waals surface area contributed by atoms with Crippen LogP contribution in [0.1, 0.15) is 37.3 Å². The highest BCUT2D eigenvalue weighted by atomic mass is 16.5. The van der Waals surface area contributed by atoms with Gasteiger partial charge in [0.15, 0.2) is 0 Å². The largest absolute Gasteiger partial charge is 0.480 e. The Balaban J connectivity index is 1.58. The summed E-state index contributed by atoms with van der Waals surface area (Å²) >= 11 is 0. The van der Waals surface area contributed by atoms with E-state index in [-0.39, 0.29) is 25.6 Å². The lowest BCUT2D eigenvalue weighted by molar-refractivity contribution is -0.139. The Kier molecular flexibility index (Phi) is 6.88. The van der Waals surface area contributed by atoms with Crippen molar-refractivity contribution in [3.8, 4) is 11.1 Å². The molecular formula is C23H27NO5. The van der Waals surface area contributed by atoms with Crippen molar-refractivity contribution in [3.63, 3.8) is 0 Å². The molecule has 154 valence electrons. The molecule has 1 atom stereocenters. The number of carbonyl (C=O) groups excluding carboxylic acids is 1. The second kappa shape index (κ2) is 9.56. The number of rotatable bonds is 9. The van der Waals surface area contributed by atoms with Gasteiger partial charge >= 0.3 is 12.1 Å². The third-order valence-electron chi connectivity index (χ3n) is 4.94. The molecule has 0 aromatic heterocycles. The van der Waals surface area contributed by atoms with E-state index >= 15 is 0 Å². The van der Waals surface area contributed by atoms with Crippen LogP contribution < -0.4 is 5.32 Å². The molecule has 1 unspecified atom stereocenters. The fraction of sp³-hybridized carbons (Fsp3) is 0.391. The summed E-state index contributed by atoms with van der Waals surface area (Å²) in [5, 5.41) is 11.8. The SMILES string of the molecule is CC(C)COCCC(NC(=O)OCC1c2ccccc2-c2ccccc21)C(=O)O. The van der Waals surface area contributed by atoms with Crippen LogP contribution in [0.2, 0.25) is 0 Å². The van der Waals surface area contributed by atoms with Crippen LogP contribution in [0.15, 0.2) is 48.5 Å². The Labute approximate surface area is 170 Å². The summed E-state index contributed by atoms with van der Waals surface area (Å²) in [6.07, 6.45) is -0.546. The molecule has 1 amide bonds. The van der Waals surface area contributed by atoms with E-state index in [4.69, 9.17) is 9.47 Å². The molecule has 29 heavy (non-hydrogen) atoms. The monoisotopic (exact) mass is 397 g/mol. The maximum atomic E-state index is 12.2. The number of carbonyl (C=O) groups is 2. The van der Waals surface area contributed by atoms with Crippen molar-refractivity contribution < 1.29 is 24.2 Å². The maximum Gasteiger partial charge on any atom is 0.407 e. The lowest BCUT2D eigenvalue weighted by Crippen LogP contribution is -2.42. The summed E-state index contributed by atoms with van der Waals surface area (Å²) in [6, 6.07) is 15.1. The number of fused-ring (bicyclic) bond motifs is 3. The van der Waals surface area contributed by atoms with Gasteiger partial charge in [-0.2, -0.15) is 0 Å². The summed E-state index contributed by atoms with van der Waals surface area (Å²) in [4.78, 5) is 23.7. The van der Waals surface area contributed by atoms with E-state index in [1.807, 2.05) is 50.2 Å². The van der Waals surface area contributed by atoms with Gasteiger partial charge in [-0.05, 0) is 28.2 Å². The smallest absolute Gasteiger partial charge is 0.407 e. The molecule has 0 aliphatic heterocycles. The number of amides is 1. The minimum atomic E-state index is -1.10. The van der Waals surface area contributed by atoms with Crippen molar-refractivity contribution in [2.24, 2.45) is 5.92 Å². The van der Waals surface area contributed by atoms with Crippen LogP contribution in [0.25, 0.3) is 11.1 Å². The molecule has 2 aromatic rings. The van der Waals surface area contributed by atoms with Crippen molar-refractivity contribution in [2.75, 3.05) is 19.8 Å². The molecule has 2 aromatic carbocycles. The van der Waals surface area contributed by atoms with E-state index in [0.717, 1.165) is 22.3 Å². The van der Waals surface area contributed by atoms with Gasteiger partial charge in [0.25, 0.3) is 0 Å². The molecule has 6 heteroatoms. The van der Waals surface area contributed by atoms with Gasteiger partial charge in [0, 0.05) is 25.6 Å². The Hall–Kier alpha value is -2.86. The molecule has 0 radical (unpaired) electrons. The molecule has 0 fully saturated rings. The van der Waals surface area contributed by atoms with E-state index in [1.165, 1.54) is 0 Å². The molecule has 6 nitrogen and oxygen atoms in total. The zero-order valence-electron chi connectivity index (χ0n) is 16.8.